The quantitative estimate of drug-likeness (QED) is 0.496. The van der Waals surface area contributed by atoms with Gasteiger partial charge in [-0.25, -0.2) is 4.68 Å². The third-order valence-electron chi connectivity index (χ3n) is 2.85. The molecule has 2 heterocycles. The molecule has 0 aliphatic carbocycles. The number of non-ortho nitro benzene ring substituents is 2. The number of aromatic nitrogens is 6. The molecule has 12 nitrogen and oxygen atoms in total. The Labute approximate surface area is 114 Å². The van der Waals surface area contributed by atoms with Gasteiger partial charge in [-0.05, 0) is 10.4 Å². The zero-order chi connectivity index (χ0) is 15.1. The minimum atomic E-state index is -0.710. The van der Waals surface area contributed by atoms with Gasteiger partial charge in [-0.2, -0.15) is 9.78 Å². The first-order valence-corrected chi connectivity index (χ1v) is 5.52. The molecule has 12 heteroatoms. The molecule has 0 atom stereocenters. The second kappa shape index (κ2) is 4.29. The van der Waals surface area contributed by atoms with Crippen molar-refractivity contribution in [1.82, 2.24) is 30.0 Å². The fourth-order valence-corrected chi connectivity index (χ4v) is 1.91. The van der Waals surface area contributed by atoms with Gasteiger partial charge >= 0.3 is 0 Å². The fourth-order valence-electron chi connectivity index (χ4n) is 1.91. The monoisotopic (exact) mass is 290 g/mol. The summed E-state index contributed by atoms with van der Waals surface area (Å²) in [5.41, 5.74) is -0.638. The van der Waals surface area contributed by atoms with Crippen LogP contribution in [0.5, 0.6) is 0 Å². The van der Waals surface area contributed by atoms with Gasteiger partial charge in [0.1, 0.15) is 0 Å². The van der Waals surface area contributed by atoms with Gasteiger partial charge in [-0.1, -0.05) is 5.10 Å². The minimum Gasteiger partial charge on any atom is -0.258 e. The van der Waals surface area contributed by atoms with E-state index in [-0.39, 0.29) is 16.9 Å². The summed E-state index contributed by atoms with van der Waals surface area (Å²) in [6.45, 7) is 0. The average molecular weight is 290 g/mol. The Hall–Kier alpha value is -3.44. The third kappa shape index (κ3) is 1.85. The van der Waals surface area contributed by atoms with Crippen LogP contribution in [0.25, 0.3) is 16.9 Å². The number of aryl methyl sites for hydroxylation is 1. The molecule has 1 aromatic carbocycles. The van der Waals surface area contributed by atoms with Gasteiger partial charge in [0.15, 0.2) is 0 Å². The SMILES string of the molecule is Cn1nnnc1-n1ncc2c([N+](=O)[O-])cc([N+](=O)[O-])cc21. The molecule has 0 unspecified atom stereocenters. The molecular weight excluding hydrogens is 284 g/mol. The van der Waals surface area contributed by atoms with Crippen molar-refractivity contribution in [2.75, 3.05) is 0 Å². The lowest BCUT2D eigenvalue weighted by molar-refractivity contribution is -0.393. The fraction of sp³-hybridized carbons (Fsp3) is 0.111. The number of nitrogens with zero attached hydrogens (tertiary/aromatic N) is 8. The van der Waals surface area contributed by atoms with E-state index in [0.717, 1.165) is 6.07 Å². The second-order valence-electron chi connectivity index (χ2n) is 4.07. The summed E-state index contributed by atoms with van der Waals surface area (Å²) in [5.74, 6) is 0.180. The highest BCUT2D eigenvalue weighted by Gasteiger charge is 2.23. The van der Waals surface area contributed by atoms with Crippen LogP contribution in [0.15, 0.2) is 18.3 Å². The second-order valence-corrected chi connectivity index (χ2v) is 4.07. The predicted octanol–water partition coefficient (Wildman–Crippen LogP) is 0.365. The lowest BCUT2D eigenvalue weighted by Crippen LogP contribution is -2.05. The maximum absolute atomic E-state index is 11.1. The number of fused-ring (bicyclic) bond motifs is 1. The van der Waals surface area contributed by atoms with Crippen LogP contribution in [-0.4, -0.2) is 39.8 Å². The molecule has 0 radical (unpaired) electrons. The molecule has 0 saturated heterocycles. The Kier molecular flexibility index (Phi) is 2.57. The lowest BCUT2D eigenvalue weighted by Gasteiger charge is -2.01. The van der Waals surface area contributed by atoms with E-state index in [1.165, 1.54) is 21.6 Å². The molecule has 2 aromatic heterocycles. The number of nitro benzene ring substituents is 2. The van der Waals surface area contributed by atoms with E-state index >= 15 is 0 Å². The van der Waals surface area contributed by atoms with E-state index in [1.54, 1.807) is 7.05 Å². The number of benzene rings is 1. The van der Waals surface area contributed by atoms with Crippen molar-refractivity contribution in [2.45, 2.75) is 0 Å². The number of hydrogen-bond acceptors (Lipinski definition) is 8. The first kappa shape index (κ1) is 12.6. The van der Waals surface area contributed by atoms with E-state index in [9.17, 15) is 20.2 Å². The van der Waals surface area contributed by atoms with E-state index in [2.05, 4.69) is 20.6 Å². The molecular formula is C9H6N8O4. The summed E-state index contributed by atoms with van der Waals surface area (Å²) in [4.78, 5) is 20.6. The summed E-state index contributed by atoms with van der Waals surface area (Å²) in [5, 5.41) is 36.9. The Morgan fingerprint density at radius 1 is 1.19 bits per heavy atom. The zero-order valence-corrected chi connectivity index (χ0v) is 10.4. The largest absolute Gasteiger partial charge is 0.287 e. The van der Waals surface area contributed by atoms with Gasteiger partial charge in [0.05, 0.1) is 33.0 Å². The van der Waals surface area contributed by atoms with Crippen LogP contribution in [-0.2, 0) is 7.05 Å². The molecule has 0 amide bonds. The number of rotatable bonds is 3. The van der Waals surface area contributed by atoms with Crippen molar-refractivity contribution in [3.63, 3.8) is 0 Å². The Morgan fingerprint density at radius 3 is 2.52 bits per heavy atom. The molecule has 106 valence electrons. The summed E-state index contributed by atoms with van der Waals surface area (Å²) in [6, 6.07) is 2.08. The summed E-state index contributed by atoms with van der Waals surface area (Å²) >= 11 is 0. The van der Waals surface area contributed by atoms with Gasteiger partial charge in [0.25, 0.3) is 17.3 Å². The summed E-state index contributed by atoms with van der Waals surface area (Å²) in [6.07, 6.45) is 1.24. The summed E-state index contributed by atoms with van der Waals surface area (Å²) in [7, 11) is 1.55. The first-order valence-electron chi connectivity index (χ1n) is 5.52. The van der Waals surface area contributed by atoms with Crippen LogP contribution in [0.2, 0.25) is 0 Å². The highest BCUT2D eigenvalue weighted by molar-refractivity contribution is 5.91. The van der Waals surface area contributed by atoms with Crippen molar-refractivity contribution in [3.8, 4) is 5.95 Å². The van der Waals surface area contributed by atoms with Crippen LogP contribution in [0, 0.1) is 20.2 Å². The van der Waals surface area contributed by atoms with E-state index < -0.39 is 21.2 Å². The number of tetrazole rings is 1. The lowest BCUT2D eigenvalue weighted by atomic mass is 10.2. The molecule has 0 N–H and O–H groups in total. The highest BCUT2D eigenvalue weighted by atomic mass is 16.6. The molecule has 0 spiro atoms. The normalized spacial score (nSPS) is 10.9. The van der Waals surface area contributed by atoms with Crippen molar-refractivity contribution in [3.05, 3.63) is 38.6 Å². The maximum atomic E-state index is 11.1. The smallest absolute Gasteiger partial charge is 0.258 e. The Morgan fingerprint density at radius 2 is 1.95 bits per heavy atom. The van der Waals surface area contributed by atoms with Gasteiger partial charge in [0, 0.05) is 13.1 Å². The summed E-state index contributed by atoms with van der Waals surface area (Å²) < 4.78 is 2.49. The molecule has 0 aliphatic heterocycles. The average Bonchev–Trinajstić information content (AvgIpc) is 3.02. The molecule has 0 fully saturated rings. The third-order valence-corrected chi connectivity index (χ3v) is 2.85. The number of hydrogen-bond donors (Lipinski definition) is 0. The molecule has 0 aliphatic rings. The Balaban J connectivity index is 2.37. The van der Waals surface area contributed by atoms with Crippen molar-refractivity contribution in [1.29, 1.82) is 0 Å². The topological polar surface area (TPSA) is 148 Å². The number of nitro groups is 2. The van der Waals surface area contributed by atoms with Crippen LogP contribution < -0.4 is 0 Å². The van der Waals surface area contributed by atoms with Gasteiger partial charge < -0.3 is 0 Å². The van der Waals surface area contributed by atoms with E-state index in [1.807, 2.05) is 0 Å². The van der Waals surface area contributed by atoms with E-state index in [0.29, 0.717) is 0 Å². The molecule has 3 rings (SSSR count). The van der Waals surface area contributed by atoms with Crippen LogP contribution >= 0.6 is 0 Å². The molecule has 3 aromatic rings. The standard InChI is InChI=1S/C9H6N8O4/c1-14-9(11-12-13-14)15-7-2-5(16(18)19)3-8(17(20)21)6(7)4-10-15/h2-4H,1H3. The molecule has 0 saturated carbocycles. The van der Waals surface area contributed by atoms with Crippen molar-refractivity contribution >= 4 is 22.3 Å². The van der Waals surface area contributed by atoms with Crippen molar-refractivity contribution < 1.29 is 9.85 Å². The first-order chi connectivity index (χ1) is 9.99. The Bertz CT molecular complexity index is 881. The molecule has 21 heavy (non-hydrogen) atoms. The maximum Gasteiger partial charge on any atom is 0.287 e. The van der Waals surface area contributed by atoms with Gasteiger partial charge in [-0.3, -0.25) is 20.2 Å². The van der Waals surface area contributed by atoms with Gasteiger partial charge in [-0.15, -0.1) is 0 Å². The van der Waals surface area contributed by atoms with Crippen molar-refractivity contribution in [2.24, 2.45) is 7.05 Å². The zero-order valence-electron chi connectivity index (χ0n) is 10.4. The van der Waals surface area contributed by atoms with Crippen LogP contribution in [0.4, 0.5) is 11.4 Å². The minimum absolute atomic E-state index is 0.161. The van der Waals surface area contributed by atoms with E-state index in [4.69, 9.17) is 0 Å². The highest BCUT2D eigenvalue weighted by Crippen LogP contribution is 2.31. The van der Waals surface area contributed by atoms with Gasteiger partial charge in [0.2, 0.25) is 0 Å². The van der Waals surface area contributed by atoms with Crippen LogP contribution in [0.1, 0.15) is 0 Å². The van der Waals surface area contributed by atoms with Crippen LogP contribution in [0.3, 0.4) is 0 Å². The molecule has 0 bridgehead atoms. The predicted molar refractivity (Wildman–Crippen MR) is 66.7 cm³/mol.